The molecule has 166 valence electrons. The highest BCUT2D eigenvalue weighted by Crippen LogP contribution is 2.49. The second-order valence-electron chi connectivity index (χ2n) is 10.3. The summed E-state index contributed by atoms with van der Waals surface area (Å²) in [4.78, 5) is 2.37. The molecule has 2 nitrogen and oxygen atoms in total. The standard InChI is InChI=1S/C29H41N2/c1-7-28(3)22-16-12-14-18-24(22)30(5)26(28)20-10-9-11-21-27-29(4,8-2)23-17-13-15-19-25(23)31(27)6/h9-12,14,16,18,20-21,23,25H,7-8,13,15,17,19H2,1-6H3/q+1. The number of likely N-dealkylation sites (N-methyl/N-ethyl adjacent to an activating group) is 1. The summed E-state index contributed by atoms with van der Waals surface area (Å²) >= 11 is 0. The molecule has 1 aliphatic carbocycles. The molecule has 2 heteroatoms. The molecule has 4 unspecified atom stereocenters. The predicted octanol–water partition coefficient (Wildman–Crippen LogP) is 6.87. The van der Waals surface area contributed by atoms with E-state index in [1.165, 1.54) is 54.8 Å². The summed E-state index contributed by atoms with van der Waals surface area (Å²) in [6, 6.07) is 9.58. The fourth-order valence-corrected chi connectivity index (χ4v) is 6.74. The second kappa shape index (κ2) is 8.45. The van der Waals surface area contributed by atoms with E-state index >= 15 is 0 Å². The maximum atomic E-state index is 2.60. The van der Waals surface area contributed by atoms with Gasteiger partial charge in [-0.05, 0) is 57.2 Å². The van der Waals surface area contributed by atoms with Crippen LogP contribution in [0.2, 0.25) is 0 Å². The van der Waals surface area contributed by atoms with Crippen molar-refractivity contribution in [1.82, 2.24) is 0 Å². The first-order valence-electron chi connectivity index (χ1n) is 12.4. The largest absolute Gasteiger partial charge is 0.347 e. The van der Waals surface area contributed by atoms with Crippen molar-refractivity contribution in [1.29, 1.82) is 0 Å². The van der Waals surface area contributed by atoms with E-state index in [9.17, 15) is 0 Å². The molecule has 0 N–H and O–H groups in total. The van der Waals surface area contributed by atoms with Gasteiger partial charge in [-0.2, -0.15) is 0 Å². The number of hydrogen-bond donors (Lipinski definition) is 0. The molecule has 0 bridgehead atoms. The first-order chi connectivity index (χ1) is 14.9. The first-order valence-corrected chi connectivity index (χ1v) is 12.4. The molecule has 0 amide bonds. The molecule has 1 aromatic carbocycles. The van der Waals surface area contributed by atoms with Crippen molar-refractivity contribution >= 4 is 11.4 Å². The molecular formula is C29H41N2+. The summed E-state index contributed by atoms with van der Waals surface area (Å²) in [6.07, 6.45) is 19.3. The molecule has 4 rings (SSSR count). The topological polar surface area (TPSA) is 6.25 Å². The van der Waals surface area contributed by atoms with Crippen LogP contribution < -0.4 is 4.90 Å². The van der Waals surface area contributed by atoms with Gasteiger partial charge in [0.05, 0.1) is 5.41 Å². The summed E-state index contributed by atoms with van der Waals surface area (Å²) in [5, 5.41) is 0. The molecule has 2 heterocycles. The zero-order valence-electron chi connectivity index (χ0n) is 20.5. The van der Waals surface area contributed by atoms with Gasteiger partial charge < -0.3 is 4.90 Å². The highest BCUT2D eigenvalue weighted by molar-refractivity contribution is 5.97. The minimum Gasteiger partial charge on any atom is -0.347 e. The van der Waals surface area contributed by atoms with Crippen LogP contribution in [0.3, 0.4) is 0 Å². The van der Waals surface area contributed by atoms with Crippen LogP contribution in [0.15, 0.2) is 60.3 Å². The number of anilines is 1. The fourth-order valence-electron chi connectivity index (χ4n) is 6.74. The van der Waals surface area contributed by atoms with Crippen LogP contribution in [0.25, 0.3) is 0 Å². The quantitative estimate of drug-likeness (QED) is 0.374. The van der Waals surface area contributed by atoms with Crippen molar-refractivity contribution in [3.63, 3.8) is 0 Å². The van der Waals surface area contributed by atoms with Crippen molar-refractivity contribution in [3.8, 4) is 0 Å². The maximum absolute atomic E-state index is 2.60. The summed E-state index contributed by atoms with van der Waals surface area (Å²) in [6.45, 7) is 9.55. The Labute approximate surface area is 190 Å². The first kappa shape index (κ1) is 22.1. The van der Waals surface area contributed by atoms with Crippen molar-refractivity contribution < 1.29 is 4.58 Å². The smallest absolute Gasteiger partial charge is 0.182 e. The van der Waals surface area contributed by atoms with Gasteiger partial charge in [-0.15, -0.1) is 0 Å². The monoisotopic (exact) mass is 417 g/mol. The van der Waals surface area contributed by atoms with Crippen LogP contribution in [0.5, 0.6) is 0 Å². The minimum atomic E-state index is 0.0797. The molecule has 3 aliphatic rings. The van der Waals surface area contributed by atoms with Crippen molar-refractivity contribution in [2.45, 2.75) is 77.7 Å². The Balaban J connectivity index is 1.56. The lowest BCUT2D eigenvalue weighted by Gasteiger charge is -2.32. The van der Waals surface area contributed by atoms with Crippen LogP contribution >= 0.6 is 0 Å². The van der Waals surface area contributed by atoms with E-state index in [1.807, 2.05) is 0 Å². The third-order valence-corrected chi connectivity index (χ3v) is 8.97. The third-order valence-electron chi connectivity index (χ3n) is 8.97. The van der Waals surface area contributed by atoms with Gasteiger partial charge >= 0.3 is 0 Å². The lowest BCUT2D eigenvalue weighted by Crippen LogP contribution is -2.35. The number of benzene rings is 1. The summed E-state index contributed by atoms with van der Waals surface area (Å²) < 4.78 is 2.60. The van der Waals surface area contributed by atoms with Gasteiger partial charge in [0.25, 0.3) is 0 Å². The molecule has 0 saturated heterocycles. The second-order valence-corrected chi connectivity index (χ2v) is 10.3. The number of fused-ring (bicyclic) bond motifs is 2. The Bertz CT molecular complexity index is 949. The van der Waals surface area contributed by atoms with E-state index in [0.29, 0.717) is 5.41 Å². The summed E-state index contributed by atoms with van der Waals surface area (Å²) in [5.41, 5.74) is 6.10. The molecule has 0 spiro atoms. The Kier molecular flexibility index (Phi) is 6.03. The van der Waals surface area contributed by atoms with Gasteiger partial charge in [0.15, 0.2) is 11.8 Å². The highest BCUT2D eigenvalue weighted by atomic mass is 15.2. The van der Waals surface area contributed by atoms with Gasteiger partial charge in [-0.25, -0.2) is 4.58 Å². The SMILES string of the molecule is CCC1(C)\C(=C/C=C/C=C/C2=[N+](C)C3CCCCC3C2(C)CC)N(C)c2ccccc21. The van der Waals surface area contributed by atoms with Gasteiger partial charge in [0, 0.05) is 42.3 Å². The molecule has 0 aromatic heterocycles. The van der Waals surface area contributed by atoms with E-state index in [4.69, 9.17) is 0 Å². The maximum Gasteiger partial charge on any atom is 0.182 e. The van der Waals surface area contributed by atoms with Crippen LogP contribution in [0, 0.1) is 11.3 Å². The predicted molar refractivity (Wildman–Crippen MR) is 134 cm³/mol. The Morgan fingerprint density at radius 1 is 1.03 bits per heavy atom. The van der Waals surface area contributed by atoms with E-state index < -0.39 is 0 Å². The van der Waals surface area contributed by atoms with E-state index in [2.05, 4.69) is 106 Å². The van der Waals surface area contributed by atoms with Gasteiger partial charge in [-0.1, -0.05) is 56.7 Å². The number of para-hydroxylation sites is 1. The zero-order chi connectivity index (χ0) is 22.2. The van der Waals surface area contributed by atoms with Crippen LogP contribution in [-0.2, 0) is 5.41 Å². The Hall–Kier alpha value is -2.09. The van der Waals surface area contributed by atoms with Crippen molar-refractivity contribution in [2.75, 3.05) is 19.0 Å². The Morgan fingerprint density at radius 2 is 1.77 bits per heavy atom. The van der Waals surface area contributed by atoms with E-state index in [-0.39, 0.29) is 5.41 Å². The third kappa shape index (κ3) is 3.43. The van der Waals surface area contributed by atoms with Gasteiger partial charge in [0.2, 0.25) is 0 Å². The molecule has 0 radical (unpaired) electrons. The van der Waals surface area contributed by atoms with E-state index in [1.54, 1.807) is 0 Å². The van der Waals surface area contributed by atoms with Crippen molar-refractivity contribution in [3.05, 3.63) is 65.9 Å². The van der Waals surface area contributed by atoms with Gasteiger partial charge in [-0.3, -0.25) is 0 Å². The Morgan fingerprint density at radius 3 is 2.52 bits per heavy atom. The molecule has 1 saturated carbocycles. The summed E-state index contributed by atoms with van der Waals surface area (Å²) in [7, 11) is 4.53. The molecule has 1 fully saturated rings. The van der Waals surface area contributed by atoms with Crippen molar-refractivity contribution in [2.24, 2.45) is 11.3 Å². The van der Waals surface area contributed by atoms with Crippen LogP contribution in [-0.4, -0.2) is 30.4 Å². The average Bonchev–Trinajstić information content (AvgIpc) is 3.15. The molecule has 4 atom stereocenters. The minimum absolute atomic E-state index is 0.0797. The fraction of sp³-hybridized carbons (Fsp3) is 0.552. The zero-order valence-corrected chi connectivity index (χ0v) is 20.5. The normalized spacial score (nSPS) is 34.4. The number of rotatable bonds is 5. The van der Waals surface area contributed by atoms with Crippen LogP contribution in [0.4, 0.5) is 5.69 Å². The summed E-state index contributed by atoms with van der Waals surface area (Å²) in [5.74, 6) is 0.818. The lowest BCUT2D eigenvalue weighted by molar-refractivity contribution is -0.538. The average molecular weight is 418 g/mol. The van der Waals surface area contributed by atoms with E-state index in [0.717, 1.165) is 18.4 Å². The van der Waals surface area contributed by atoms with Crippen LogP contribution in [0.1, 0.15) is 71.8 Å². The lowest BCUT2D eigenvalue weighted by atomic mass is 9.66. The molecule has 1 aromatic rings. The number of hydrogen-bond acceptors (Lipinski definition) is 1. The molecule has 31 heavy (non-hydrogen) atoms. The molecule has 2 aliphatic heterocycles. The van der Waals surface area contributed by atoms with Gasteiger partial charge in [0.1, 0.15) is 7.05 Å². The highest BCUT2D eigenvalue weighted by Gasteiger charge is 2.54. The molecular weight excluding hydrogens is 376 g/mol. The number of allylic oxidation sites excluding steroid dienone is 6. The number of nitrogens with zero attached hydrogens (tertiary/aromatic N) is 2.